The molecule has 0 bridgehead atoms. The van der Waals surface area contributed by atoms with Crippen LogP contribution in [0.1, 0.15) is 18.9 Å². The standard InChI is InChI=1S/C18H25N3O2S.ClH/c1-13-3-5-16(6-4-13)21-17(22)12-24-14(2)18(23)20-11-15-7-9-19-10-8-15;/h3-7,14,19H,8-12H2,1-2H3,(H,20,23)(H,21,22);1H. The number of rotatable bonds is 7. The summed E-state index contributed by atoms with van der Waals surface area (Å²) in [6, 6.07) is 7.66. The second kappa shape index (κ2) is 11.2. The predicted octanol–water partition coefficient (Wildman–Crippen LogP) is 2.51. The lowest BCUT2D eigenvalue weighted by atomic mass is 10.1. The van der Waals surface area contributed by atoms with Gasteiger partial charge in [0.05, 0.1) is 11.0 Å². The molecule has 1 atom stereocenters. The number of carbonyl (C=O) groups is 2. The molecule has 0 radical (unpaired) electrons. The number of amides is 2. The van der Waals surface area contributed by atoms with E-state index in [0.29, 0.717) is 6.54 Å². The average molecular weight is 384 g/mol. The lowest BCUT2D eigenvalue weighted by Gasteiger charge is -2.16. The van der Waals surface area contributed by atoms with Crippen LogP contribution in [-0.4, -0.2) is 42.5 Å². The van der Waals surface area contributed by atoms with E-state index < -0.39 is 0 Å². The quantitative estimate of drug-likeness (QED) is 0.633. The molecule has 0 saturated carbocycles. The van der Waals surface area contributed by atoms with Gasteiger partial charge in [0.1, 0.15) is 0 Å². The molecule has 0 spiro atoms. The van der Waals surface area contributed by atoms with Gasteiger partial charge in [0, 0.05) is 18.8 Å². The SMILES string of the molecule is Cc1ccc(NC(=O)CSC(C)C(=O)NCC2=CCNCC2)cc1.Cl. The van der Waals surface area contributed by atoms with Gasteiger partial charge in [-0.2, -0.15) is 0 Å². The lowest BCUT2D eigenvalue weighted by molar-refractivity contribution is -0.120. The minimum absolute atomic E-state index is 0. The van der Waals surface area contributed by atoms with Crippen LogP contribution >= 0.6 is 24.2 Å². The normalized spacial score (nSPS) is 14.7. The van der Waals surface area contributed by atoms with Crippen LogP contribution in [0, 0.1) is 6.92 Å². The lowest BCUT2D eigenvalue weighted by Crippen LogP contribution is -2.34. The van der Waals surface area contributed by atoms with Crippen molar-refractivity contribution in [1.29, 1.82) is 0 Å². The van der Waals surface area contributed by atoms with Crippen LogP contribution < -0.4 is 16.0 Å². The van der Waals surface area contributed by atoms with Crippen molar-refractivity contribution in [3.8, 4) is 0 Å². The number of aryl methyl sites for hydroxylation is 1. The van der Waals surface area contributed by atoms with Crippen molar-refractivity contribution in [3.05, 3.63) is 41.5 Å². The first-order valence-electron chi connectivity index (χ1n) is 8.19. The minimum atomic E-state index is -0.254. The molecule has 2 amide bonds. The third kappa shape index (κ3) is 7.94. The van der Waals surface area contributed by atoms with Crippen LogP contribution in [0.3, 0.4) is 0 Å². The summed E-state index contributed by atoms with van der Waals surface area (Å²) in [5.41, 5.74) is 3.19. The van der Waals surface area contributed by atoms with E-state index in [2.05, 4.69) is 22.0 Å². The van der Waals surface area contributed by atoms with Crippen molar-refractivity contribution in [1.82, 2.24) is 10.6 Å². The molecule has 1 heterocycles. The molecule has 2 rings (SSSR count). The molecule has 25 heavy (non-hydrogen) atoms. The number of carbonyl (C=O) groups excluding carboxylic acids is 2. The molecule has 1 aliphatic rings. The van der Waals surface area contributed by atoms with Gasteiger partial charge in [-0.3, -0.25) is 9.59 Å². The van der Waals surface area contributed by atoms with Gasteiger partial charge in [0.2, 0.25) is 11.8 Å². The smallest absolute Gasteiger partial charge is 0.234 e. The number of halogens is 1. The van der Waals surface area contributed by atoms with E-state index in [1.807, 2.05) is 38.1 Å². The highest BCUT2D eigenvalue weighted by atomic mass is 35.5. The summed E-state index contributed by atoms with van der Waals surface area (Å²) in [4.78, 5) is 24.0. The first kappa shape index (κ1) is 21.5. The predicted molar refractivity (Wildman–Crippen MR) is 108 cm³/mol. The molecule has 5 nitrogen and oxygen atoms in total. The van der Waals surface area contributed by atoms with E-state index in [1.54, 1.807) is 0 Å². The largest absolute Gasteiger partial charge is 0.351 e. The first-order valence-corrected chi connectivity index (χ1v) is 9.24. The van der Waals surface area contributed by atoms with Gasteiger partial charge in [0.15, 0.2) is 0 Å². The maximum Gasteiger partial charge on any atom is 0.234 e. The summed E-state index contributed by atoms with van der Waals surface area (Å²) in [6.07, 6.45) is 3.09. The Morgan fingerprint density at radius 3 is 2.64 bits per heavy atom. The molecule has 1 aromatic carbocycles. The zero-order valence-corrected chi connectivity index (χ0v) is 16.3. The minimum Gasteiger partial charge on any atom is -0.351 e. The van der Waals surface area contributed by atoms with Crippen LogP contribution in [0.2, 0.25) is 0 Å². The fraction of sp³-hybridized carbons (Fsp3) is 0.444. The van der Waals surface area contributed by atoms with Crippen molar-refractivity contribution in [3.63, 3.8) is 0 Å². The Kier molecular flexibility index (Phi) is 9.63. The molecule has 7 heteroatoms. The van der Waals surface area contributed by atoms with Crippen molar-refractivity contribution in [2.24, 2.45) is 0 Å². The monoisotopic (exact) mass is 383 g/mol. The zero-order chi connectivity index (χ0) is 17.4. The van der Waals surface area contributed by atoms with Crippen molar-refractivity contribution >= 4 is 41.7 Å². The zero-order valence-electron chi connectivity index (χ0n) is 14.6. The van der Waals surface area contributed by atoms with Crippen LogP contribution in [-0.2, 0) is 9.59 Å². The van der Waals surface area contributed by atoms with Crippen molar-refractivity contribution in [2.45, 2.75) is 25.5 Å². The Labute approximate surface area is 159 Å². The van der Waals surface area contributed by atoms with Gasteiger partial charge in [-0.25, -0.2) is 0 Å². The molecule has 3 N–H and O–H groups in total. The van der Waals surface area contributed by atoms with Crippen LogP contribution in [0.25, 0.3) is 0 Å². The van der Waals surface area contributed by atoms with E-state index in [0.717, 1.165) is 30.8 Å². The van der Waals surface area contributed by atoms with E-state index in [-0.39, 0.29) is 35.2 Å². The van der Waals surface area contributed by atoms with Gasteiger partial charge in [-0.1, -0.05) is 29.3 Å². The van der Waals surface area contributed by atoms with Crippen LogP contribution in [0.5, 0.6) is 0 Å². The summed E-state index contributed by atoms with van der Waals surface area (Å²) < 4.78 is 0. The highest BCUT2D eigenvalue weighted by Gasteiger charge is 2.15. The molecular formula is C18H26ClN3O2S. The van der Waals surface area contributed by atoms with Crippen LogP contribution in [0.4, 0.5) is 5.69 Å². The summed E-state index contributed by atoms with van der Waals surface area (Å²) in [5.74, 6) is 0.141. The van der Waals surface area contributed by atoms with Gasteiger partial charge < -0.3 is 16.0 Å². The molecule has 0 saturated heterocycles. The molecule has 0 aliphatic carbocycles. The van der Waals surface area contributed by atoms with E-state index >= 15 is 0 Å². The number of thioether (sulfide) groups is 1. The number of nitrogens with one attached hydrogen (secondary N) is 3. The molecule has 0 fully saturated rings. The molecule has 138 valence electrons. The van der Waals surface area contributed by atoms with Crippen molar-refractivity contribution < 1.29 is 9.59 Å². The second-order valence-corrected chi connectivity index (χ2v) is 7.23. The molecule has 0 aromatic heterocycles. The Morgan fingerprint density at radius 2 is 2.00 bits per heavy atom. The van der Waals surface area contributed by atoms with E-state index in [4.69, 9.17) is 0 Å². The summed E-state index contributed by atoms with van der Waals surface area (Å²) in [5, 5.41) is 8.77. The van der Waals surface area contributed by atoms with E-state index in [9.17, 15) is 9.59 Å². The fourth-order valence-corrected chi connectivity index (χ4v) is 2.99. The van der Waals surface area contributed by atoms with Gasteiger partial charge in [0.25, 0.3) is 0 Å². The maximum atomic E-state index is 12.1. The van der Waals surface area contributed by atoms with Gasteiger partial charge >= 0.3 is 0 Å². The highest BCUT2D eigenvalue weighted by Crippen LogP contribution is 2.13. The Hall–Kier alpha value is -1.50. The van der Waals surface area contributed by atoms with Crippen LogP contribution in [0.15, 0.2) is 35.9 Å². The third-order valence-corrected chi connectivity index (χ3v) is 4.96. The Bertz CT molecular complexity index is 605. The summed E-state index contributed by atoms with van der Waals surface area (Å²) in [7, 11) is 0. The number of hydrogen-bond acceptors (Lipinski definition) is 4. The molecule has 1 unspecified atom stereocenters. The topological polar surface area (TPSA) is 70.2 Å². The Morgan fingerprint density at radius 1 is 1.28 bits per heavy atom. The van der Waals surface area contributed by atoms with Gasteiger partial charge in [-0.05, 0) is 38.9 Å². The molecular weight excluding hydrogens is 358 g/mol. The van der Waals surface area contributed by atoms with Gasteiger partial charge in [-0.15, -0.1) is 24.2 Å². The second-order valence-electron chi connectivity index (χ2n) is 5.90. The maximum absolute atomic E-state index is 12.1. The van der Waals surface area contributed by atoms with E-state index in [1.165, 1.54) is 17.3 Å². The highest BCUT2D eigenvalue weighted by molar-refractivity contribution is 8.01. The summed E-state index contributed by atoms with van der Waals surface area (Å²) in [6.45, 7) is 6.26. The number of benzene rings is 1. The first-order chi connectivity index (χ1) is 11.5. The molecule has 1 aromatic rings. The number of anilines is 1. The third-order valence-electron chi connectivity index (χ3n) is 3.82. The average Bonchev–Trinajstić information content (AvgIpc) is 2.60. The number of hydrogen-bond donors (Lipinski definition) is 3. The van der Waals surface area contributed by atoms with Crippen molar-refractivity contribution in [2.75, 3.05) is 30.7 Å². The summed E-state index contributed by atoms with van der Waals surface area (Å²) >= 11 is 1.35. The molecule has 1 aliphatic heterocycles. The fourth-order valence-electron chi connectivity index (χ4n) is 2.28. The Balaban J connectivity index is 0.00000312.